The van der Waals surface area contributed by atoms with Gasteiger partial charge in [0.1, 0.15) is 6.10 Å². The fourth-order valence-electron chi connectivity index (χ4n) is 4.93. The summed E-state index contributed by atoms with van der Waals surface area (Å²) in [6.45, 7) is -1.06. The molecular weight excluding hydrogens is 509 g/mol. The van der Waals surface area contributed by atoms with E-state index in [1.165, 1.54) is 6.07 Å². The van der Waals surface area contributed by atoms with E-state index in [-0.39, 0.29) is 40.9 Å². The molecule has 4 fully saturated rings. The Balaban J connectivity index is 1.11. The molecule has 0 spiro atoms. The summed E-state index contributed by atoms with van der Waals surface area (Å²) in [5.41, 5.74) is -0.422. The average molecular weight is 529 g/mol. The van der Waals surface area contributed by atoms with Gasteiger partial charge in [-0.1, -0.05) is 0 Å². The third-order valence-corrected chi connectivity index (χ3v) is 6.77. The number of H-pyrrole nitrogens is 1. The lowest BCUT2D eigenvalue weighted by Crippen LogP contribution is -2.68. The first-order valence-electron chi connectivity index (χ1n) is 11.4. The Morgan fingerprint density at radius 3 is 2.81 bits per heavy atom. The Morgan fingerprint density at radius 1 is 1.32 bits per heavy atom. The van der Waals surface area contributed by atoms with Gasteiger partial charge < -0.3 is 20.1 Å². The van der Waals surface area contributed by atoms with Crippen molar-refractivity contribution in [1.29, 1.82) is 0 Å². The molecule has 3 N–H and O–H groups in total. The number of nitrogens with zero attached hydrogens (tertiary/aromatic N) is 4. The predicted molar refractivity (Wildman–Crippen MR) is 113 cm³/mol. The molecular formula is C21H20F5N7O4. The molecule has 2 bridgehead atoms. The summed E-state index contributed by atoms with van der Waals surface area (Å²) < 4.78 is 81.7. The number of nitrogens with one attached hydrogen (secondary N) is 3. The Morgan fingerprint density at radius 2 is 2.11 bits per heavy atom. The number of alkyl halides is 4. The van der Waals surface area contributed by atoms with Crippen molar-refractivity contribution in [3.63, 3.8) is 0 Å². The molecule has 1 saturated heterocycles. The van der Waals surface area contributed by atoms with Gasteiger partial charge in [0.25, 0.3) is 0 Å². The van der Waals surface area contributed by atoms with Crippen molar-refractivity contribution in [2.45, 2.75) is 56.2 Å². The largest absolute Gasteiger partial charge is 0.522 e. The minimum Gasteiger partial charge on any atom is -0.441 e. The number of aromatic amines is 1. The number of amides is 1. The summed E-state index contributed by atoms with van der Waals surface area (Å²) in [4.78, 5) is 19.8. The number of imidazole rings is 1. The van der Waals surface area contributed by atoms with Crippen molar-refractivity contribution < 1.29 is 41.0 Å². The van der Waals surface area contributed by atoms with Crippen LogP contribution in [0.5, 0.6) is 0 Å². The minimum atomic E-state index is -4.87. The molecule has 3 aromatic heterocycles. The zero-order chi connectivity index (χ0) is 25.9. The van der Waals surface area contributed by atoms with E-state index in [0.717, 1.165) is 36.1 Å². The monoisotopic (exact) mass is 529 g/mol. The SMILES string of the molecule is O=C(NC12CC(C1)C2)O[C@H]1CO[C@@H](c2cc(Nc3ncc(F)c4nc(COC(F)(F)F)cn34)n[nH]2)[C@@H]1F. The molecule has 37 heavy (non-hydrogen) atoms. The molecule has 3 aromatic rings. The Kier molecular flexibility index (Phi) is 5.48. The van der Waals surface area contributed by atoms with Crippen molar-refractivity contribution in [2.24, 2.45) is 5.92 Å². The minimum absolute atomic E-state index is 0.0177. The number of aromatic nitrogens is 5. The van der Waals surface area contributed by atoms with Gasteiger partial charge in [0.15, 0.2) is 29.6 Å². The molecule has 4 aliphatic rings. The molecule has 0 aromatic carbocycles. The van der Waals surface area contributed by atoms with Crippen molar-refractivity contribution in [1.82, 2.24) is 29.9 Å². The molecule has 1 amide bonds. The lowest BCUT2D eigenvalue weighted by atomic mass is 9.50. The smallest absolute Gasteiger partial charge is 0.441 e. The molecule has 0 unspecified atom stereocenters. The van der Waals surface area contributed by atoms with Crippen LogP contribution in [0.2, 0.25) is 0 Å². The van der Waals surface area contributed by atoms with Gasteiger partial charge in [-0.2, -0.15) is 5.10 Å². The molecule has 11 nitrogen and oxygen atoms in total. The van der Waals surface area contributed by atoms with Gasteiger partial charge in [0.2, 0.25) is 5.95 Å². The Bertz CT molecular complexity index is 1330. The van der Waals surface area contributed by atoms with Crippen LogP contribution in [0.25, 0.3) is 5.65 Å². The summed E-state index contributed by atoms with van der Waals surface area (Å²) in [5, 5.41) is 12.2. The summed E-state index contributed by atoms with van der Waals surface area (Å²) in [6.07, 6.45) is -4.66. The van der Waals surface area contributed by atoms with E-state index in [9.17, 15) is 22.4 Å². The zero-order valence-corrected chi connectivity index (χ0v) is 18.9. The quantitative estimate of drug-likeness (QED) is 0.398. The summed E-state index contributed by atoms with van der Waals surface area (Å²) in [6, 6.07) is 1.42. The second-order valence-corrected chi connectivity index (χ2v) is 9.45. The Hall–Kier alpha value is -3.53. The van der Waals surface area contributed by atoms with Crippen LogP contribution < -0.4 is 10.6 Å². The third kappa shape index (κ3) is 4.54. The molecule has 4 heterocycles. The second-order valence-electron chi connectivity index (χ2n) is 9.45. The van der Waals surface area contributed by atoms with Crippen molar-refractivity contribution in [2.75, 3.05) is 11.9 Å². The van der Waals surface area contributed by atoms with Crippen LogP contribution in [0.3, 0.4) is 0 Å². The van der Waals surface area contributed by atoms with E-state index >= 15 is 4.39 Å². The standard InChI is InChI=1S/C21H20F5N7O4/c22-11-5-27-18(33-6-10(28-17(11)33)7-36-21(24,25)26)29-14-1-12(31-32-14)16-15(23)13(8-35-16)37-19(34)30-20-2-9(3-20)4-20/h1,5-6,9,13,15-16H,2-4,7-8H2,(H,30,34)(H2,27,29,31,32)/t9?,13-,15+,16-,20?/m0/s1. The lowest BCUT2D eigenvalue weighted by molar-refractivity contribution is -0.330. The number of hydrogen-bond donors (Lipinski definition) is 3. The van der Waals surface area contributed by atoms with Gasteiger partial charge in [0.05, 0.1) is 30.8 Å². The predicted octanol–water partition coefficient (Wildman–Crippen LogP) is 3.43. The van der Waals surface area contributed by atoms with Crippen LogP contribution in [-0.4, -0.2) is 61.4 Å². The number of carbonyl (C=O) groups excluding carboxylic acids is 1. The third-order valence-electron chi connectivity index (χ3n) is 6.77. The highest BCUT2D eigenvalue weighted by Crippen LogP contribution is 2.57. The van der Waals surface area contributed by atoms with Gasteiger partial charge in [-0.05, 0) is 25.2 Å². The van der Waals surface area contributed by atoms with Gasteiger partial charge >= 0.3 is 12.5 Å². The van der Waals surface area contributed by atoms with Crippen LogP contribution in [0.1, 0.15) is 36.8 Å². The average Bonchev–Trinajstić information content (AvgIpc) is 3.50. The van der Waals surface area contributed by atoms with Crippen molar-refractivity contribution >= 4 is 23.5 Å². The van der Waals surface area contributed by atoms with Gasteiger partial charge in [0, 0.05) is 17.8 Å². The molecule has 0 radical (unpaired) electrons. The van der Waals surface area contributed by atoms with Crippen LogP contribution in [0, 0.1) is 11.7 Å². The first kappa shape index (κ1) is 23.8. The number of hydrogen-bond acceptors (Lipinski definition) is 8. The highest BCUT2D eigenvalue weighted by molar-refractivity contribution is 5.69. The van der Waals surface area contributed by atoms with Crippen molar-refractivity contribution in [3.05, 3.63) is 35.7 Å². The second kappa shape index (κ2) is 8.51. The van der Waals surface area contributed by atoms with Crippen LogP contribution in [-0.2, 0) is 20.8 Å². The van der Waals surface area contributed by atoms with E-state index < -0.39 is 43.3 Å². The number of carbonyl (C=O) groups is 1. The zero-order valence-electron chi connectivity index (χ0n) is 18.9. The van der Waals surface area contributed by atoms with Crippen LogP contribution >= 0.6 is 0 Å². The van der Waals surface area contributed by atoms with Crippen LogP contribution in [0.15, 0.2) is 18.5 Å². The molecule has 198 valence electrons. The highest BCUT2D eigenvalue weighted by atomic mass is 19.4. The van der Waals surface area contributed by atoms with Gasteiger partial charge in [-0.3, -0.25) is 14.2 Å². The summed E-state index contributed by atoms with van der Waals surface area (Å²) in [5.74, 6) is -0.0816. The normalized spacial score (nSPS) is 28.6. The summed E-state index contributed by atoms with van der Waals surface area (Å²) in [7, 11) is 0. The maximum absolute atomic E-state index is 15.0. The first-order valence-corrected chi connectivity index (χ1v) is 11.4. The maximum Gasteiger partial charge on any atom is 0.522 e. The van der Waals surface area contributed by atoms with Gasteiger partial charge in [-0.15, -0.1) is 13.2 Å². The van der Waals surface area contributed by atoms with Crippen LogP contribution in [0.4, 0.5) is 38.5 Å². The number of alkyl carbamates (subject to hydrolysis) is 1. The van der Waals surface area contributed by atoms with E-state index in [1.54, 1.807) is 0 Å². The fourth-order valence-corrected chi connectivity index (χ4v) is 4.93. The number of anilines is 2. The molecule has 1 aliphatic heterocycles. The van der Waals surface area contributed by atoms with Crippen molar-refractivity contribution in [3.8, 4) is 0 Å². The molecule has 3 atom stereocenters. The molecule has 16 heteroatoms. The number of fused-ring (bicyclic) bond motifs is 1. The number of rotatable bonds is 7. The van der Waals surface area contributed by atoms with Gasteiger partial charge in [-0.25, -0.2) is 23.5 Å². The topological polar surface area (TPSA) is 128 Å². The first-order chi connectivity index (χ1) is 17.6. The lowest BCUT2D eigenvalue weighted by Gasteiger charge is -2.61. The fraction of sp³-hybridized carbons (Fsp3) is 0.524. The van der Waals surface area contributed by atoms with E-state index in [4.69, 9.17) is 9.47 Å². The molecule has 3 aliphatic carbocycles. The summed E-state index contributed by atoms with van der Waals surface area (Å²) >= 11 is 0. The number of ether oxygens (including phenoxy) is 3. The highest BCUT2D eigenvalue weighted by Gasteiger charge is 2.58. The van der Waals surface area contributed by atoms with E-state index in [0.29, 0.717) is 5.92 Å². The van der Waals surface area contributed by atoms with E-state index in [1.807, 2.05) is 0 Å². The Labute approximate surface area is 204 Å². The number of halogens is 5. The maximum atomic E-state index is 15.0. The molecule has 7 rings (SSSR count). The van der Waals surface area contributed by atoms with E-state index in [2.05, 4.69) is 35.5 Å². The molecule has 3 saturated carbocycles.